The van der Waals surface area contributed by atoms with E-state index in [2.05, 4.69) is 11.7 Å². The Hall–Kier alpha value is -1.33. The maximum absolute atomic E-state index is 12.3. The summed E-state index contributed by atoms with van der Waals surface area (Å²) in [4.78, 5) is 17.0. The van der Waals surface area contributed by atoms with Gasteiger partial charge in [-0.3, -0.25) is 9.79 Å². The summed E-state index contributed by atoms with van der Waals surface area (Å²) in [5, 5.41) is 0. The molecule has 1 amide bonds. The van der Waals surface area contributed by atoms with Crippen LogP contribution in [0.3, 0.4) is 0 Å². The van der Waals surface area contributed by atoms with Crippen molar-refractivity contribution in [2.24, 2.45) is 10.9 Å². The van der Waals surface area contributed by atoms with E-state index < -0.39 is 18.5 Å². The maximum atomic E-state index is 12.3. The molecule has 2 atom stereocenters. The normalized spacial score (nSPS) is 27.7. The summed E-state index contributed by atoms with van der Waals surface area (Å²) < 4.78 is 36.8. The molecule has 2 unspecified atom stereocenters. The minimum atomic E-state index is -4.43. The van der Waals surface area contributed by atoms with E-state index in [9.17, 15) is 18.0 Å². The number of alkyl halides is 3. The smallest absolute Gasteiger partial charge is 0.338 e. The fourth-order valence-electron chi connectivity index (χ4n) is 2.85. The first-order valence-corrected chi connectivity index (χ1v) is 5.95. The molecular formula is C12H15F3N2O. The van der Waals surface area contributed by atoms with E-state index in [1.807, 2.05) is 6.08 Å². The lowest BCUT2D eigenvalue weighted by molar-refractivity contribution is -0.164. The van der Waals surface area contributed by atoms with Gasteiger partial charge in [0.2, 0.25) is 5.91 Å². The number of hydrogen-bond donors (Lipinski definition) is 0. The number of nitrogens with zero attached hydrogens (tertiary/aromatic N) is 2. The fourth-order valence-corrected chi connectivity index (χ4v) is 2.85. The van der Waals surface area contributed by atoms with Crippen LogP contribution in [0.1, 0.15) is 25.7 Å². The van der Waals surface area contributed by atoms with Gasteiger partial charge in [0.05, 0.1) is 0 Å². The minimum Gasteiger partial charge on any atom is -0.338 e. The quantitative estimate of drug-likeness (QED) is 0.702. The Bertz CT molecular complexity index is 389. The molecule has 3 nitrogen and oxygen atoms in total. The van der Waals surface area contributed by atoms with Gasteiger partial charge in [0.1, 0.15) is 6.42 Å². The van der Waals surface area contributed by atoms with Crippen LogP contribution in [-0.2, 0) is 4.79 Å². The SMILES string of the molecule is C=NC1=CCC2C1CCCN2C(=O)CC(F)(F)F. The molecule has 0 aromatic heterocycles. The molecule has 0 N–H and O–H groups in total. The van der Waals surface area contributed by atoms with Gasteiger partial charge in [-0.15, -0.1) is 0 Å². The first-order valence-electron chi connectivity index (χ1n) is 5.95. The maximum Gasteiger partial charge on any atom is 0.397 e. The second kappa shape index (κ2) is 4.74. The highest BCUT2D eigenvalue weighted by atomic mass is 19.4. The van der Waals surface area contributed by atoms with Gasteiger partial charge >= 0.3 is 6.18 Å². The van der Waals surface area contributed by atoms with Crippen molar-refractivity contribution in [3.05, 3.63) is 11.8 Å². The molecule has 2 aliphatic rings. The first kappa shape index (κ1) is 13.1. The predicted octanol–water partition coefficient (Wildman–Crippen LogP) is 2.53. The second-order valence-electron chi connectivity index (χ2n) is 4.72. The highest BCUT2D eigenvalue weighted by Crippen LogP contribution is 2.38. The second-order valence-corrected chi connectivity index (χ2v) is 4.72. The van der Waals surface area contributed by atoms with E-state index in [0.29, 0.717) is 13.0 Å². The summed E-state index contributed by atoms with van der Waals surface area (Å²) in [5.74, 6) is -0.760. The number of fused-ring (bicyclic) bond motifs is 1. The van der Waals surface area contributed by atoms with Gasteiger partial charge < -0.3 is 4.90 Å². The Labute approximate surface area is 103 Å². The molecule has 1 fully saturated rings. The van der Waals surface area contributed by atoms with Crippen molar-refractivity contribution in [2.75, 3.05) is 6.54 Å². The van der Waals surface area contributed by atoms with E-state index in [1.54, 1.807) is 0 Å². The zero-order valence-electron chi connectivity index (χ0n) is 9.91. The van der Waals surface area contributed by atoms with Crippen LogP contribution in [0.5, 0.6) is 0 Å². The Morgan fingerprint density at radius 2 is 2.28 bits per heavy atom. The van der Waals surface area contributed by atoms with Gasteiger partial charge in [0.25, 0.3) is 0 Å². The van der Waals surface area contributed by atoms with Gasteiger partial charge in [0.15, 0.2) is 0 Å². The highest BCUT2D eigenvalue weighted by molar-refractivity contribution is 5.77. The first-order chi connectivity index (χ1) is 8.42. The Kier molecular flexibility index (Phi) is 3.45. The highest BCUT2D eigenvalue weighted by Gasteiger charge is 2.41. The van der Waals surface area contributed by atoms with Crippen molar-refractivity contribution in [1.82, 2.24) is 4.90 Å². The minimum absolute atomic E-state index is 0.0634. The molecule has 1 saturated heterocycles. The number of carbonyl (C=O) groups excluding carboxylic acids is 1. The van der Waals surface area contributed by atoms with Crippen LogP contribution in [0.2, 0.25) is 0 Å². The van der Waals surface area contributed by atoms with Gasteiger partial charge in [0, 0.05) is 24.2 Å². The number of amides is 1. The number of hydrogen-bond acceptors (Lipinski definition) is 2. The van der Waals surface area contributed by atoms with E-state index >= 15 is 0 Å². The zero-order chi connectivity index (χ0) is 13.3. The topological polar surface area (TPSA) is 32.7 Å². The molecule has 0 aromatic rings. The van der Waals surface area contributed by atoms with Crippen LogP contribution < -0.4 is 0 Å². The van der Waals surface area contributed by atoms with Crippen LogP contribution >= 0.6 is 0 Å². The van der Waals surface area contributed by atoms with Crippen LogP contribution in [-0.4, -0.2) is 36.3 Å². The molecule has 2 rings (SSSR count). The Balaban J connectivity index is 2.07. The lowest BCUT2D eigenvalue weighted by Gasteiger charge is -2.38. The molecule has 1 aliphatic heterocycles. The summed E-state index contributed by atoms with van der Waals surface area (Å²) >= 11 is 0. The summed E-state index contributed by atoms with van der Waals surface area (Å²) in [6.07, 6.45) is -1.75. The molecule has 0 radical (unpaired) electrons. The molecule has 0 saturated carbocycles. The Morgan fingerprint density at radius 1 is 1.56 bits per heavy atom. The largest absolute Gasteiger partial charge is 0.397 e. The zero-order valence-corrected chi connectivity index (χ0v) is 9.91. The summed E-state index contributed by atoms with van der Waals surface area (Å²) in [6, 6.07) is -0.158. The predicted molar refractivity (Wildman–Crippen MR) is 61.1 cm³/mol. The Morgan fingerprint density at radius 3 is 2.89 bits per heavy atom. The van der Waals surface area contributed by atoms with Crippen molar-refractivity contribution < 1.29 is 18.0 Å². The standard InChI is InChI=1S/C12H15F3N2O/c1-16-9-4-5-10-8(9)3-2-6-17(10)11(18)7-12(13,14)15/h4,8,10H,1-3,5-7H2. The van der Waals surface area contributed by atoms with Crippen LogP contribution in [0.25, 0.3) is 0 Å². The number of aliphatic imine (C=N–C) groups is 1. The van der Waals surface area contributed by atoms with E-state index in [4.69, 9.17) is 0 Å². The van der Waals surface area contributed by atoms with E-state index in [1.165, 1.54) is 4.90 Å². The monoisotopic (exact) mass is 260 g/mol. The molecule has 18 heavy (non-hydrogen) atoms. The number of piperidine rings is 1. The van der Waals surface area contributed by atoms with E-state index in [-0.39, 0.29) is 12.0 Å². The van der Waals surface area contributed by atoms with Gasteiger partial charge in [-0.05, 0) is 26.0 Å². The third-order valence-corrected chi connectivity index (χ3v) is 3.58. The number of carbonyl (C=O) groups is 1. The molecule has 0 spiro atoms. The fraction of sp³-hybridized carbons (Fsp3) is 0.667. The number of likely N-dealkylation sites (tertiary alicyclic amines) is 1. The average Bonchev–Trinajstić information content (AvgIpc) is 2.69. The molecule has 0 bridgehead atoms. The van der Waals surface area contributed by atoms with Crippen molar-refractivity contribution in [3.8, 4) is 0 Å². The van der Waals surface area contributed by atoms with E-state index in [0.717, 1.165) is 18.5 Å². The molecular weight excluding hydrogens is 245 g/mol. The van der Waals surface area contributed by atoms with Crippen LogP contribution in [0.15, 0.2) is 16.8 Å². The van der Waals surface area contributed by atoms with Crippen molar-refractivity contribution in [3.63, 3.8) is 0 Å². The third kappa shape index (κ3) is 2.57. The lowest BCUT2D eigenvalue weighted by Crippen LogP contribution is -2.48. The van der Waals surface area contributed by atoms with Crippen molar-refractivity contribution in [1.29, 1.82) is 0 Å². The van der Waals surface area contributed by atoms with Gasteiger partial charge in [-0.25, -0.2) is 0 Å². The third-order valence-electron chi connectivity index (χ3n) is 3.58. The summed E-state index contributed by atoms with van der Waals surface area (Å²) in [6.45, 7) is 3.87. The molecule has 1 aliphatic carbocycles. The summed E-state index contributed by atoms with van der Waals surface area (Å²) in [7, 11) is 0. The van der Waals surface area contributed by atoms with Crippen LogP contribution in [0.4, 0.5) is 13.2 Å². The van der Waals surface area contributed by atoms with Crippen LogP contribution in [0, 0.1) is 5.92 Å². The lowest BCUT2D eigenvalue weighted by atomic mass is 9.90. The van der Waals surface area contributed by atoms with Crippen molar-refractivity contribution in [2.45, 2.75) is 37.9 Å². The van der Waals surface area contributed by atoms with Gasteiger partial charge in [-0.1, -0.05) is 6.08 Å². The molecule has 6 heteroatoms. The number of rotatable bonds is 2. The van der Waals surface area contributed by atoms with Gasteiger partial charge in [-0.2, -0.15) is 13.2 Å². The number of halogens is 3. The molecule has 100 valence electrons. The summed E-state index contributed by atoms with van der Waals surface area (Å²) in [5.41, 5.74) is 0.824. The average molecular weight is 260 g/mol. The van der Waals surface area contributed by atoms with Crippen molar-refractivity contribution >= 4 is 12.6 Å². The molecule has 1 heterocycles. The molecule has 0 aromatic carbocycles.